The molecular weight excluding hydrogens is 305 g/mol. The fourth-order valence-electron chi connectivity index (χ4n) is 1.92. The summed E-state index contributed by atoms with van der Waals surface area (Å²) >= 11 is 11.9. The molecule has 1 aliphatic carbocycles. The lowest BCUT2D eigenvalue weighted by molar-refractivity contribution is -0.139. The van der Waals surface area contributed by atoms with Gasteiger partial charge >= 0.3 is 5.97 Å². The van der Waals surface area contributed by atoms with Gasteiger partial charge in [0.05, 0.1) is 17.2 Å². The van der Waals surface area contributed by atoms with E-state index in [1.807, 2.05) is 0 Å². The number of aliphatic carboxylic acids is 1. The molecule has 108 valence electrons. The minimum absolute atomic E-state index is 0.000595. The summed E-state index contributed by atoms with van der Waals surface area (Å²) in [6, 6.07) is 1.92. The number of nitrogens with one attached hydrogen (secondary N) is 1. The standard InChI is InChI=1S/C13H13Cl2NO4/c1-20-11-8(14)4-7(5-9(11)15)12(17)16-10(13(18)19)6-2-3-6/h4-6,10H,2-3H2,1H3,(H,16,17)(H,18,19). The van der Waals surface area contributed by atoms with Gasteiger partial charge in [-0.2, -0.15) is 0 Å². The summed E-state index contributed by atoms with van der Waals surface area (Å²) in [5.74, 6) is -1.27. The summed E-state index contributed by atoms with van der Waals surface area (Å²) in [6.07, 6.45) is 1.61. The van der Waals surface area contributed by atoms with Crippen molar-refractivity contribution in [3.63, 3.8) is 0 Å². The van der Waals surface area contributed by atoms with Crippen molar-refractivity contribution in [2.45, 2.75) is 18.9 Å². The smallest absolute Gasteiger partial charge is 0.326 e. The largest absolute Gasteiger partial charge is 0.494 e. The maximum atomic E-state index is 12.1. The first-order valence-corrected chi connectivity index (χ1v) is 6.76. The van der Waals surface area contributed by atoms with Gasteiger partial charge in [0.25, 0.3) is 5.91 Å². The van der Waals surface area contributed by atoms with Crippen molar-refractivity contribution in [1.29, 1.82) is 0 Å². The molecule has 0 spiro atoms. The Hall–Kier alpha value is -1.46. The number of benzene rings is 1. The van der Waals surface area contributed by atoms with Crippen LogP contribution < -0.4 is 10.1 Å². The van der Waals surface area contributed by atoms with Gasteiger partial charge in [-0.1, -0.05) is 23.2 Å². The van der Waals surface area contributed by atoms with Crippen molar-refractivity contribution in [1.82, 2.24) is 5.32 Å². The summed E-state index contributed by atoms with van der Waals surface area (Å²) in [7, 11) is 1.42. The number of carbonyl (C=O) groups excluding carboxylic acids is 1. The van der Waals surface area contributed by atoms with Gasteiger partial charge in [0.2, 0.25) is 0 Å². The highest BCUT2D eigenvalue weighted by molar-refractivity contribution is 6.37. The van der Waals surface area contributed by atoms with E-state index in [0.29, 0.717) is 0 Å². The second-order valence-corrected chi connectivity index (χ2v) is 5.41. The van der Waals surface area contributed by atoms with Crippen molar-refractivity contribution in [3.8, 4) is 5.75 Å². The Morgan fingerprint density at radius 1 is 1.35 bits per heavy atom. The fraction of sp³-hybridized carbons (Fsp3) is 0.385. The molecule has 7 heteroatoms. The van der Waals surface area contributed by atoms with Crippen LogP contribution in [0.25, 0.3) is 0 Å². The number of hydrogen-bond acceptors (Lipinski definition) is 3. The molecule has 0 aromatic heterocycles. The van der Waals surface area contributed by atoms with Crippen LogP contribution in [-0.4, -0.2) is 30.1 Å². The normalized spacial score (nSPS) is 15.6. The zero-order valence-corrected chi connectivity index (χ0v) is 12.2. The van der Waals surface area contributed by atoms with Crippen LogP contribution in [0.4, 0.5) is 0 Å². The third-order valence-electron chi connectivity index (χ3n) is 3.11. The molecule has 1 fully saturated rings. The monoisotopic (exact) mass is 317 g/mol. The molecule has 1 aromatic carbocycles. The molecule has 1 amide bonds. The Morgan fingerprint density at radius 2 is 1.90 bits per heavy atom. The summed E-state index contributed by atoms with van der Waals surface area (Å²) in [6.45, 7) is 0. The van der Waals surface area contributed by atoms with Crippen molar-refractivity contribution >= 4 is 35.1 Å². The predicted octanol–water partition coefficient (Wildman–Crippen LogP) is 2.60. The Labute approximate surface area is 125 Å². The average molecular weight is 318 g/mol. The van der Waals surface area contributed by atoms with Gasteiger partial charge in [-0.3, -0.25) is 4.79 Å². The van der Waals surface area contributed by atoms with Crippen LogP contribution in [0.2, 0.25) is 10.0 Å². The third-order valence-corrected chi connectivity index (χ3v) is 3.67. The Kier molecular flexibility index (Phi) is 4.40. The summed E-state index contributed by atoms with van der Waals surface area (Å²) in [4.78, 5) is 23.2. The molecule has 1 saturated carbocycles. The van der Waals surface area contributed by atoms with E-state index in [9.17, 15) is 9.59 Å². The number of rotatable bonds is 5. The third kappa shape index (κ3) is 3.16. The van der Waals surface area contributed by atoms with Gasteiger partial charge in [-0.15, -0.1) is 0 Å². The second kappa shape index (κ2) is 5.89. The molecule has 1 atom stereocenters. The summed E-state index contributed by atoms with van der Waals surface area (Å²) in [5.41, 5.74) is 0.202. The Balaban J connectivity index is 2.18. The number of amides is 1. The zero-order chi connectivity index (χ0) is 14.9. The van der Waals surface area contributed by atoms with Crippen LogP contribution >= 0.6 is 23.2 Å². The minimum atomic E-state index is -1.04. The second-order valence-electron chi connectivity index (χ2n) is 4.60. The Bertz CT molecular complexity index is 534. The SMILES string of the molecule is COc1c(Cl)cc(C(=O)NC(C(=O)O)C2CC2)cc1Cl. The van der Waals surface area contributed by atoms with Crippen LogP contribution in [0, 0.1) is 5.92 Å². The molecule has 5 nitrogen and oxygen atoms in total. The van der Waals surface area contributed by atoms with Gasteiger partial charge < -0.3 is 15.2 Å². The van der Waals surface area contributed by atoms with E-state index in [2.05, 4.69) is 5.32 Å². The van der Waals surface area contributed by atoms with E-state index in [0.717, 1.165) is 12.8 Å². The Morgan fingerprint density at radius 3 is 2.30 bits per heavy atom. The van der Waals surface area contributed by atoms with Crippen LogP contribution in [0.3, 0.4) is 0 Å². The van der Waals surface area contributed by atoms with E-state index in [1.165, 1.54) is 19.2 Å². The number of carboxylic acids is 1. The lowest BCUT2D eigenvalue weighted by Crippen LogP contribution is -2.42. The summed E-state index contributed by atoms with van der Waals surface area (Å²) < 4.78 is 4.99. The molecule has 0 radical (unpaired) electrons. The van der Waals surface area contributed by atoms with Gasteiger partial charge in [0, 0.05) is 5.56 Å². The van der Waals surface area contributed by atoms with Gasteiger partial charge in [-0.25, -0.2) is 4.79 Å². The van der Waals surface area contributed by atoms with Gasteiger partial charge in [-0.05, 0) is 30.9 Å². The van der Waals surface area contributed by atoms with Crippen LogP contribution in [0.15, 0.2) is 12.1 Å². The average Bonchev–Trinajstić information content (AvgIpc) is 3.19. The van der Waals surface area contributed by atoms with E-state index in [1.54, 1.807) is 0 Å². The maximum absolute atomic E-state index is 12.1. The van der Waals surface area contributed by atoms with Crippen LogP contribution in [0.1, 0.15) is 23.2 Å². The van der Waals surface area contributed by atoms with E-state index in [-0.39, 0.29) is 27.3 Å². The molecule has 2 N–H and O–H groups in total. The highest BCUT2D eigenvalue weighted by Gasteiger charge is 2.37. The van der Waals surface area contributed by atoms with Crippen molar-refractivity contribution < 1.29 is 19.4 Å². The fourth-order valence-corrected chi connectivity index (χ4v) is 2.56. The number of carboxylic acid groups (broad SMARTS) is 1. The number of halogens is 2. The first-order valence-electron chi connectivity index (χ1n) is 6.00. The highest BCUT2D eigenvalue weighted by Crippen LogP contribution is 2.35. The van der Waals surface area contributed by atoms with Crippen molar-refractivity contribution in [2.24, 2.45) is 5.92 Å². The molecule has 0 bridgehead atoms. The molecule has 0 heterocycles. The molecule has 2 rings (SSSR count). The number of carbonyl (C=O) groups is 2. The minimum Gasteiger partial charge on any atom is -0.494 e. The highest BCUT2D eigenvalue weighted by atomic mass is 35.5. The predicted molar refractivity (Wildman–Crippen MR) is 74.6 cm³/mol. The first kappa shape index (κ1) is 14.9. The van der Waals surface area contributed by atoms with Crippen molar-refractivity contribution in [3.05, 3.63) is 27.7 Å². The summed E-state index contributed by atoms with van der Waals surface area (Å²) in [5, 5.41) is 12.0. The van der Waals surface area contributed by atoms with E-state index < -0.39 is 17.9 Å². The lowest BCUT2D eigenvalue weighted by Gasteiger charge is -2.14. The zero-order valence-electron chi connectivity index (χ0n) is 10.7. The van der Waals surface area contributed by atoms with E-state index >= 15 is 0 Å². The maximum Gasteiger partial charge on any atom is 0.326 e. The molecule has 0 saturated heterocycles. The molecular formula is C13H13Cl2NO4. The van der Waals surface area contributed by atoms with Gasteiger partial charge in [0.15, 0.2) is 5.75 Å². The molecule has 0 aliphatic heterocycles. The van der Waals surface area contributed by atoms with Crippen LogP contribution in [0.5, 0.6) is 5.75 Å². The van der Waals surface area contributed by atoms with E-state index in [4.69, 9.17) is 33.0 Å². The quantitative estimate of drug-likeness (QED) is 0.875. The molecule has 1 aliphatic rings. The molecule has 20 heavy (non-hydrogen) atoms. The number of ether oxygens (including phenoxy) is 1. The molecule has 1 aromatic rings. The topological polar surface area (TPSA) is 75.6 Å². The van der Waals surface area contributed by atoms with Crippen molar-refractivity contribution in [2.75, 3.05) is 7.11 Å². The molecule has 1 unspecified atom stereocenters. The lowest BCUT2D eigenvalue weighted by atomic mass is 10.1. The van der Waals surface area contributed by atoms with Crippen LogP contribution in [-0.2, 0) is 4.79 Å². The van der Waals surface area contributed by atoms with Gasteiger partial charge in [0.1, 0.15) is 6.04 Å². The first-order chi connectivity index (χ1) is 9.43. The number of hydrogen-bond donors (Lipinski definition) is 2. The number of methoxy groups -OCH3 is 1.